The molecule has 0 radical (unpaired) electrons. The first-order chi connectivity index (χ1) is 9.94. The van der Waals surface area contributed by atoms with E-state index in [1.54, 1.807) is 11.4 Å². The molecule has 0 N–H and O–H groups in total. The standard InChI is InChI=1S/C15H20F3NOS/c16-15(17,18)11-19(9-13-6-7-21-10-13)14(20)8-12-4-2-1-3-5-12/h6-7,10,12H,1-5,8-9,11H2. The molecule has 1 aliphatic carbocycles. The lowest BCUT2D eigenvalue weighted by molar-refractivity contribution is -0.163. The molecule has 0 aromatic carbocycles. The number of thiophene rings is 1. The van der Waals surface area contributed by atoms with Crippen molar-refractivity contribution in [3.05, 3.63) is 22.4 Å². The van der Waals surface area contributed by atoms with Gasteiger partial charge >= 0.3 is 6.18 Å². The maximum atomic E-state index is 12.7. The van der Waals surface area contributed by atoms with E-state index < -0.39 is 12.7 Å². The minimum atomic E-state index is -4.35. The van der Waals surface area contributed by atoms with E-state index in [0.717, 1.165) is 36.1 Å². The molecule has 1 heterocycles. The number of carbonyl (C=O) groups excluding carboxylic acids is 1. The number of amides is 1. The van der Waals surface area contributed by atoms with Gasteiger partial charge in [-0.05, 0) is 41.1 Å². The van der Waals surface area contributed by atoms with Crippen molar-refractivity contribution in [1.29, 1.82) is 0 Å². The van der Waals surface area contributed by atoms with Gasteiger partial charge in [-0.3, -0.25) is 4.79 Å². The molecule has 1 aromatic heterocycles. The molecule has 1 aliphatic rings. The highest BCUT2D eigenvalue weighted by molar-refractivity contribution is 7.07. The van der Waals surface area contributed by atoms with E-state index in [2.05, 4.69) is 0 Å². The van der Waals surface area contributed by atoms with E-state index in [1.807, 2.05) is 5.38 Å². The second kappa shape index (κ2) is 7.29. The van der Waals surface area contributed by atoms with E-state index in [-0.39, 0.29) is 24.8 Å². The molecule has 2 nitrogen and oxygen atoms in total. The smallest absolute Gasteiger partial charge is 0.329 e. The van der Waals surface area contributed by atoms with E-state index in [9.17, 15) is 18.0 Å². The predicted octanol–water partition coefficient (Wildman–Crippen LogP) is 4.61. The highest BCUT2D eigenvalue weighted by atomic mass is 32.1. The molecule has 0 bridgehead atoms. The largest absolute Gasteiger partial charge is 0.406 e. The zero-order chi connectivity index (χ0) is 15.3. The van der Waals surface area contributed by atoms with Gasteiger partial charge in [0.15, 0.2) is 0 Å². The molecule has 6 heteroatoms. The Morgan fingerprint density at radius 1 is 1.29 bits per heavy atom. The number of rotatable bonds is 5. The second-order valence-electron chi connectivity index (χ2n) is 5.70. The first-order valence-corrected chi connectivity index (χ1v) is 8.24. The van der Waals surface area contributed by atoms with Crippen LogP contribution in [0.15, 0.2) is 16.8 Å². The molecule has 1 aromatic rings. The summed E-state index contributed by atoms with van der Waals surface area (Å²) >= 11 is 1.43. The number of carbonyl (C=O) groups is 1. The third-order valence-corrected chi connectivity index (χ3v) is 4.60. The molecule has 2 rings (SSSR count). The van der Waals surface area contributed by atoms with Crippen molar-refractivity contribution in [3.63, 3.8) is 0 Å². The molecule has 118 valence electrons. The average molecular weight is 319 g/mol. The summed E-state index contributed by atoms with van der Waals surface area (Å²) in [5.74, 6) is -0.116. The van der Waals surface area contributed by atoms with E-state index >= 15 is 0 Å². The fraction of sp³-hybridized carbons (Fsp3) is 0.667. The Bertz CT molecular complexity index is 438. The predicted molar refractivity (Wildman–Crippen MR) is 77.0 cm³/mol. The first kappa shape index (κ1) is 16.3. The second-order valence-corrected chi connectivity index (χ2v) is 6.48. The number of halogens is 3. The van der Waals surface area contributed by atoms with Crippen LogP contribution in [-0.4, -0.2) is 23.5 Å². The van der Waals surface area contributed by atoms with E-state index in [4.69, 9.17) is 0 Å². The number of nitrogens with zero attached hydrogens (tertiary/aromatic N) is 1. The van der Waals surface area contributed by atoms with Gasteiger partial charge in [-0.15, -0.1) is 0 Å². The fourth-order valence-electron chi connectivity index (χ4n) is 2.82. The van der Waals surface area contributed by atoms with Crippen molar-refractivity contribution in [1.82, 2.24) is 4.90 Å². The van der Waals surface area contributed by atoms with Crippen LogP contribution in [-0.2, 0) is 11.3 Å². The van der Waals surface area contributed by atoms with Gasteiger partial charge in [0.25, 0.3) is 0 Å². The molecule has 1 saturated carbocycles. The number of hydrogen-bond acceptors (Lipinski definition) is 2. The first-order valence-electron chi connectivity index (χ1n) is 7.29. The van der Waals surface area contributed by atoms with Gasteiger partial charge in [0.05, 0.1) is 0 Å². The molecular weight excluding hydrogens is 299 g/mol. The SMILES string of the molecule is O=C(CC1CCCCC1)N(Cc1ccsc1)CC(F)(F)F. The van der Waals surface area contributed by atoms with Gasteiger partial charge in [0.2, 0.25) is 5.91 Å². The van der Waals surface area contributed by atoms with Crippen LogP contribution in [0.3, 0.4) is 0 Å². The molecule has 0 spiro atoms. The lowest BCUT2D eigenvalue weighted by atomic mass is 9.86. The van der Waals surface area contributed by atoms with Crippen molar-refractivity contribution in [2.45, 2.75) is 51.2 Å². The zero-order valence-corrected chi connectivity index (χ0v) is 12.7. The van der Waals surface area contributed by atoms with E-state index in [0.29, 0.717) is 0 Å². The van der Waals surface area contributed by atoms with Gasteiger partial charge in [0.1, 0.15) is 6.54 Å². The van der Waals surface area contributed by atoms with Crippen LogP contribution in [0.5, 0.6) is 0 Å². The molecule has 0 aliphatic heterocycles. The Kier molecular flexibility index (Phi) is 5.67. The average Bonchev–Trinajstić information content (AvgIpc) is 2.90. The van der Waals surface area contributed by atoms with Crippen LogP contribution < -0.4 is 0 Å². The summed E-state index contributed by atoms with van der Waals surface area (Å²) in [6, 6.07) is 1.77. The Labute approximate surface area is 126 Å². The topological polar surface area (TPSA) is 20.3 Å². The van der Waals surface area contributed by atoms with Gasteiger partial charge in [-0.1, -0.05) is 19.3 Å². The summed E-state index contributed by atoms with van der Waals surface area (Å²) < 4.78 is 38.0. The van der Waals surface area contributed by atoms with Crippen LogP contribution in [0.25, 0.3) is 0 Å². The van der Waals surface area contributed by atoms with Crippen LogP contribution in [0.4, 0.5) is 13.2 Å². The maximum Gasteiger partial charge on any atom is 0.406 e. The summed E-state index contributed by atoms with van der Waals surface area (Å²) in [6.07, 6.45) is 1.17. The van der Waals surface area contributed by atoms with Crippen molar-refractivity contribution < 1.29 is 18.0 Å². The zero-order valence-electron chi connectivity index (χ0n) is 11.9. The van der Waals surface area contributed by atoms with E-state index in [1.165, 1.54) is 17.8 Å². The Hall–Kier alpha value is -1.04. The fourth-order valence-corrected chi connectivity index (χ4v) is 3.48. The summed E-state index contributed by atoms with van der Waals surface area (Å²) in [7, 11) is 0. The van der Waals surface area contributed by atoms with Gasteiger partial charge in [0, 0.05) is 13.0 Å². The van der Waals surface area contributed by atoms with Crippen molar-refractivity contribution in [2.24, 2.45) is 5.92 Å². The Balaban J connectivity index is 1.97. The highest BCUT2D eigenvalue weighted by Crippen LogP contribution is 2.28. The maximum absolute atomic E-state index is 12.7. The monoisotopic (exact) mass is 319 g/mol. The number of alkyl halides is 3. The molecule has 1 amide bonds. The summed E-state index contributed by atoms with van der Waals surface area (Å²) in [6.45, 7) is -1.11. The Morgan fingerprint density at radius 2 is 2.00 bits per heavy atom. The van der Waals surface area contributed by atoms with Crippen LogP contribution in [0, 0.1) is 5.92 Å². The van der Waals surface area contributed by atoms with Crippen molar-refractivity contribution >= 4 is 17.2 Å². The molecule has 0 unspecified atom stereocenters. The molecule has 0 saturated heterocycles. The normalized spacial score (nSPS) is 16.9. The molecule has 1 fully saturated rings. The van der Waals surface area contributed by atoms with Crippen molar-refractivity contribution in [2.75, 3.05) is 6.54 Å². The molecular formula is C15H20F3NOS. The summed E-state index contributed by atoms with van der Waals surface area (Å²) in [5.41, 5.74) is 0.765. The number of hydrogen-bond donors (Lipinski definition) is 0. The lowest BCUT2D eigenvalue weighted by Crippen LogP contribution is -2.39. The minimum Gasteiger partial charge on any atom is -0.329 e. The van der Waals surface area contributed by atoms with Gasteiger partial charge in [-0.2, -0.15) is 24.5 Å². The van der Waals surface area contributed by atoms with Crippen LogP contribution in [0.1, 0.15) is 44.1 Å². The summed E-state index contributed by atoms with van der Waals surface area (Å²) in [5, 5.41) is 3.60. The van der Waals surface area contributed by atoms with Gasteiger partial charge < -0.3 is 4.90 Å². The van der Waals surface area contributed by atoms with Crippen LogP contribution >= 0.6 is 11.3 Å². The molecule has 0 atom stereocenters. The third-order valence-electron chi connectivity index (χ3n) is 3.86. The lowest BCUT2D eigenvalue weighted by Gasteiger charge is -2.27. The van der Waals surface area contributed by atoms with Gasteiger partial charge in [-0.25, -0.2) is 0 Å². The Morgan fingerprint density at radius 3 is 2.57 bits per heavy atom. The van der Waals surface area contributed by atoms with Crippen molar-refractivity contribution in [3.8, 4) is 0 Å². The minimum absolute atomic E-state index is 0.0502. The van der Waals surface area contributed by atoms with Crippen LogP contribution in [0.2, 0.25) is 0 Å². The third kappa shape index (κ3) is 5.69. The molecule has 21 heavy (non-hydrogen) atoms. The highest BCUT2D eigenvalue weighted by Gasteiger charge is 2.33. The quantitative estimate of drug-likeness (QED) is 0.776. The summed E-state index contributed by atoms with van der Waals surface area (Å²) in [4.78, 5) is 13.2.